The second-order valence-corrected chi connectivity index (χ2v) is 7.41. The van der Waals surface area contributed by atoms with Crippen LogP contribution in [0.1, 0.15) is 97.8 Å². The predicted molar refractivity (Wildman–Crippen MR) is 102 cm³/mol. The molecule has 1 aliphatic rings. The summed E-state index contributed by atoms with van der Waals surface area (Å²) in [6.07, 6.45) is 16.4. The number of hydrogen-bond donors (Lipinski definition) is 2. The first kappa shape index (κ1) is 23.3. The van der Waals surface area contributed by atoms with Crippen molar-refractivity contribution in [1.82, 2.24) is 0 Å². The number of allylic oxidation sites excluding steroid dienone is 1. The number of carbonyl (C=O) groups is 1. The van der Waals surface area contributed by atoms with E-state index in [1.165, 1.54) is 25.7 Å². The molecule has 0 aromatic heterocycles. The number of unbranched alkanes of at least 4 members (excludes halogenated alkanes) is 5. The molecule has 0 amide bonds. The first-order chi connectivity index (χ1) is 11.4. The Kier molecular flexibility index (Phi) is 14.2. The summed E-state index contributed by atoms with van der Waals surface area (Å²) in [6.45, 7) is 6.59. The second kappa shape index (κ2) is 14.7. The molecule has 1 aliphatic carbocycles. The Balaban J connectivity index is 0.000000561. The molecule has 3 nitrogen and oxygen atoms in total. The number of aliphatic hydroxyl groups is 2. The van der Waals surface area contributed by atoms with Crippen molar-refractivity contribution in [3.8, 4) is 0 Å². The van der Waals surface area contributed by atoms with Crippen LogP contribution in [-0.4, -0.2) is 28.2 Å². The summed E-state index contributed by atoms with van der Waals surface area (Å²) < 4.78 is 0. The highest BCUT2D eigenvalue weighted by Crippen LogP contribution is 2.24. The number of ketones is 1. The van der Waals surface area contributed by atoms with Crippen molar-refractivity contribution in [3.63, 3.8) is 0 Å². The summed E-state index contributed by atoms with van der Waals surface area (Å²) >= 11 is 0. The minimum absolute atomic E-state index is 0.365. The lowest BCUT2D eigenvalue weighted by atomic mass is 9.94. The van der Waals surface area contributed by atoms with E-state index < -0.39 is 5.60 Å². The van der Waals surface area contributed by atoms with E-state index in [-0.39, 0.29) is 0 Å². The van der Waals surface area contributed by atoms with Crippen LogP contribution < -0.4 is 0 Å². The number of Topliss-reactive ketones (excluding diaryl/α,β-unsaturated/α-hetero) is 1. The highest BCUT2D eigenvalue weighted by Gasteiger charge is 2.21. The Bertz CT molecular complexity index is 328. The molecule has 142 valence electrons. The highest BCUT2D eigenvalue weighted by molar-refractivity contribution is 5.80. The van der Waals surface area contributed by atoms with Crippen LogP contribution in [0.3, 0.4) is 0 Å². The first-order valence-corrected chi connectivity index (χ1v) is 9.96. The van der Waals surface area contributed by atoms with Crippen LogP contribution in [-0.2, 0) is 4.79 Å². The van der Waals surface area contributed by atoms with E-state index in [0.29, 0.717) is 31.1 Å². The first-order valence-electron chi connectivity index (χ1n) is 9.96. The molecular formula is C21H40O3. The van der Waals surface area contributed by atoms with Crippen LogP contribution in [0.2, 0.25) is 0 Å². The van der Waals surface area contributed by atoms with Gasteiger partial charge >= 0.3 is 0 Å². The molecule has 1 saturated carbocycles. The molecule has 0 aromatic rings. The minimum Gasteiger partial charge on any atom is -0.396 e. The van der Waals surface area contributed by atoms with Crippen LogP contribution in [0.25, 0.3) is 0 Å². The third-order valence-corrected chi connectivity index (χ3v) is 4.58. The zero-order valence-electron chi connectivity index (χ0n) is 16.2. The normalized spacial score (nSPS) is 20.0. The van der Waals surface area contributed by atoms with Crippen molar-refractivity contribution in [3.05, 3.63) is 12.2 Å². The number of rotatable bonds is 11. The zero-order chi connectivity index (χ0) is 18.3. The van der Waals surface area contributed by atoms with Crippen LogP contribution in [0, 0.1) is 5.92 Å². The Morgan fingerprint density at radius 3 is 2.33 bits per heavy atom. The van der Waals surface area contributed by atoms with Gasteiger partial charge < -0.3 is 10.2 Å². The maximum absolute atomic E-state index is 11.1. The minimum atomic E-state index is -0.574. The summed E-state index contributed by atoms with van der Waals surface area (Å²) in [5.41, 5.74) is -0.574. The van der Waals surface area contributed by atoms with Crippen molar-refractivity contribution in [2.75, 3.05) is 6.61 Å². The second-order valence-electron chi connectivity index (χ2n) is 7.41. The Morgan fingerprint density at radius 1 is 1.12 bits per heavy atom. The van der Waals surface area contributed by atoms with E-state index >= 15 is 0 Å². The number of aliphatic hydroxyl groups excluding tert-OH is 1. The maximum Gasteiger partial charge on any atom is 0.133 e. The molecule has 0 bridgehead atoms. The Labute approximate surface area is 149 Å². The maximum atomic E-state index is 11.1. The van der Waals surface area contributed by atoms with Crippen LogP contribution in [0.4, 0.5) is 0 Å². The molecule has 24 heavy (non-hydrogen) atoms. The van der Waals surface area contributed by atoms with Gasteiger partial charge in [0.1, 0.15) is 5.78 Å². The molecule has 2 atom stereocenters. The van der Waals surface area contributed by atoms with Crippen molar-refractivity contribution in [2.45, 2.75) is 103 Å². The smallest absolute Gasteiger partial charge is 0.133 e. The van der Waals surface area contributed by atoms with Gasteiger partial charge in [-0.25, -0.2) is 0 Å². The van der Waals surface area contributed by atoms with Gasteiger partial charge in [-0.05, 0) is 38.5 Å². The molecule has 0 aromatic carbocycles. The molecule has 2 N–H and O–H groups in total. The fraction of sp³-hybridized carbons (Fsp3) is 0.857. The van der Waals surface area contributed by atoms with E-state index in [0.717, 1.165) is 38.5 Å². The van der Waals surface area contributed by atoms with Gasteiger partial charge in [0.25, 0.3) is 0 Å². The van der Waals surface area contributed by atoms with E-state index in [1.807, 2.05) is 6.92 Å². The molecule has 2 unspecified atom stereocenters. The van der Waals surface area contributed by atoms with Crippen LogP contribution in [0.15, 0.2) is 12.2 Å². The quantitative estimate of drug-likeness (QED) is 0.402. The average Bonchev–Trinajstić information content (AvgIpc) is 2.96. The summed E-state index contributed by atoms with van der Waals surface area (Å²) in [6, 6.07) is 0. The predicted octanol–water partition coefficient (Wildman–Crippen LogP) is 5.19. The summed E-state index contributed by atoms with van der Waals surface area (Å²) in [5.74, 6) is 0.807. The third kappa shape index (κ3) is 13.7. The van der Waals surface area contributed by atoms with Gasteiger partial charge in [0, 0.05) is 19.4 Å². The van der Waals surface area contributed by atoms with Gasteiger partial charge in [0.15, 0.2) is 0 Å². The van der Waals surface area contributed by atoms with Crippen molar-refractivity contribution in [1.29, 1.82) is 0 Å². The van der Waals surface area contributed by atoms with Crippen LogP contribution >= 0.6 is 0 Å². The van der Waals surface area contributed by atoms with Gasteiger partial charge in [0.05, 0.1) is 5.60 Å². The summed E-state index contributed by atoms with van der Waals surface area (Å²) in [7, 11) is 0. The van der Waals surface area contributed by atoms with Gasteiger partial charge in [-0.3, -0.25) is 4.79 Å². The van der Waals surface area contributed by atoms with Gasteiger partial charge in [-0.2, -0.15) is 0 Å². The van der Waals surface area contributed by atoms with E-state index in [9.17, 15) is 9.90 Å². The number of hydrogen-bond acceptors (Lipinski definition) is 3. The van der Waals surface area contributed by atoms with Crippen molar-refractivity contribution >= 4 is 5.78 Å². The molecule has 0 aliphatic heterocycles. The van der Waals surface area contributed by atoms with Gasteiger partial charge in [-0.1, -0.05) is 64.5 Å². The van der Waals surface area contributed by atoms with Crippen LogP contribution in [0.5, 0.6) is 0 Å². The Hall–Kier alpha value is -0.670. The molecule has 0 heterocycles. The highest BCUT2D eigenvalue weighted by atomic mass is 16.3. The van der Waals surface area contributed by atoms with Gasteiger partial charge in [-0.15, -0.1) is 0 Å². The fourth-order valence-electron chi connectivity index (χ4n) is 2.90. The Morgan fingerprint density at radius 2 is 1.79 bits per heavy atom. The molecule has 1 fully saturated rings. The SMILES string of the molecule is CCCCC(C)(O)C/C=C/C1CCC(=O)C1.CCCCCCCO. The van der Waals surface area contributed by atoms with Gasteiger partial charge in [0.2, 0.25) is 0 Å². The molecule has 0 radical (unpaired) electrons. The van der Waals surface area contributed by atoms with E-state index in [4.69, 9.17) is 5.11 Å². The average molecular weight is 341 g/mol. The molecule has 0 saturated heterocycles. The largest absolute Gasteiger partial charge is 0.396 e. The van der Waals surface area contributed by atoms with E-state index in [2.05, 4.69) is 26.0 Å². The molecule has 0 spiro atoms. The molecule has 3 heteroatoms. The fourth-order valence-corrected chi connectivity index (χ4v) is 2.90. The third-order valence-electron chi connectivity index (χ3n) is 4.58. The monoisotopic (exact) mass is 340 g/mol. The number of carbonyl (C=O) groups excluding carboxylic acids is 1. The van der Waals surface area contributed by atoms with E-state index in [1.54, 1.807) is 0 Å². The summed E-state index contributed by atoms with van der Waals surface area (Å²) in [4.78, 5) is 11.1. The molecular weight excluding hydrogens is 300 g/mol. The summed E-state index contributed by atoms with van der Waals surface area (Å²) in [5, 5.41) is 18.4. The lowest BCUT2D eigenvalue weighted by Crippen LogP contribution is -2.22. The standard InChI is InChI=1S/C14H24O2.C7H16O/c1-3-4-9-14(2,16)10-5-6-12-7-8-13(15)11-12;1-2-3-4-5-6-7-8/h5-6,12,16H,3-4,7-11H2,1-2H3;8H,2-7H2,1H3/b6-5+;. The topological polar surface area (TPSA) is 57.5 Å². The lowest BCUT2D eigenvalue weighted by Gasteiger charge is -2.21. The van der Waals surface area contributed by atoms with Crippen molar-refractivity contribution in [2.24, 2.45) is 5.92 Å². The lowest BCUT2D eigenvalue weighted by molar-refractivity contribution is -0.117. The molecule has 1 rings (SSSR count). The van der Waals surface area contributed by atoms with Crippen molar-refractivity contribution < 1.29 is 15.0 Å². The zero-order valence-corrected chi connectivity index (χ0v) is 16.2.